The lowest BCUT2D eigenvalue weighted by Crippen LogP contribution is -2.03. The molecule has 0 saturated carbocycles. The normalized spacial score (nSPS) is 10.2. The van der Waals surface area contributed by atoms with Gasteiger partial charge in [-0.05, 0) is 48.4 Å². The highest BCUT2D eigenvalue weighted by Gasteiger charge is 2.04. The Balaban J connectivity index is 2.10. The lowest BCUT2D eigenvalue weighted by atomic mass is 10.1. The summed E-state index contributed by atoms with van der Waals surface area (Å²) in [5.41, 5.74) is 2.80. The second kappa shape index (κ2) is 5.52. The summed E-state index contributed by atoms with van der Waals surface area (Å²) in [5.74, 6) is -1.21. The molecule has 4 heteroatoms. The predicted molar refractivity (Wildman–Crippen MR) is 71.9 cm³/mol. The fraction of sp³-hybridized carbons (Fsp3) is 0.133. The van der Waals surface area contributed by atoms with E-state index in [9.17, 15) is 9.18 Å². The van der Waals surface area contributed by atoms with E-state index in [2.05, 4.69) is 5.32 Å². The quantitative estimate of drug-likeness (QED) is 0.884. The largest absolute Gasteiger partial charge is 0.478 e. The molecule has 2 N–H and O–H groups in total. The van der Waals surface area contributed by atoms with Crippen LogP contribution >= 0.6 is 0 Å². The van der Waals surface area contributed by atoms with Crippen LogP contribution in [0.2, 0.25) is 0 Å². The Bertz CT molecular complexity index is 611. The van der Waals surface area contributed by atoms with Crippen molar-refractivity contribution in [2.45, 2.75) is 13.5 Å². The van der Waals surface area contributed by atoms with Crippen LogP contribution in [0.3, 0.4) is 0 Å². The molecular weight excluding hydrogens is 245 g/mol. The minimum absolute atomic E-state index is 0.237. The number of hydrogen-bond donors (Lipinski definition) is 2. The van der Waals surface area contributed by atoms with E-state index in [1.54, 1.807) is 24.3 Å². The molecule has 98 valence electrons. The fourth-order valence-corrected chi connectivity index (χ4v) is 1.82. The van der Waals surface area contributed by atoms with Gasteiger partial charge in [0, 0.05) is 12.2 Å². The monoisotopic (exact) mass is 259 g/mol. The van der Waals surface area contributed by atoms with Crippen LogP contribution in [0, 0.1) is 12.7 Å². The molecule has 0 heterocycles. The molecule has 0 aromatic heterocycles. The van der Waals surface area contributed by atoms with Gasteiger partial charge in [0.05, 0.1) is 5.56 Å². The summed E-state index contributed by atoms with van der Waals surface area (Å²) in [6.07, 6.45) is 0. The van der Waals surface area contributed by atoms with Crippen molar-refractivity contribution in [2.75, 3.05) is 5.32 Å². The molecule has 3 nitrogen and oxygen atoms in total. The highest BCUT2D eigenvalue weighted by molar-refractivity contribution is 5.88. The van der Waals surface area contributed by atoms with E-state index >= 15 is 0 Å². The SMILES string of the molecule is Cc1cc(F)ccc1CNc1cccc(C(=O)O)c1. The molecule has 0 amide bonds. The lowest BCUT2D eigenvalue weighted by molar-refractivity contribution is 0.0697. The third-order valence-corrected chi connectivity index (χ3v) is 2.90. The first-order chi connectivity index (χ1) is 9.06. The number of carboxylic acids is 1. The molecule has 2 rings (SSSR count). The van der Waals surface area contributed by atoms with Gasteiger partial charge in [0.25, 0.3) is 0 Å². The summed E-state index contributed by atoms with van der Waals surface area (Å²) in [5, 5.41) is 12.0. The summed E-state index contributed by atoms with van der Waals surface area (Å²) >= 11 is 0. The molecular formula is C15H14FNO2. The standard InChI is InChI=1S/C15H14FNO2/c1-10-7-13(16)6-5-12(10)9-17-14-4-2-3-11(8-14)15(18)19/h2-8,17H,9H2,1H3,(H,18,19). The Kier molecular flexibility index (Phi) is 3.80. The maximum Gasteiger partial charge on any atom is 0.335 e. The summed E-state index contributed by atoms with van der Waals surface area (Å²) in [4.78, 5) is 10.8. The lowest BCUT2D eigenvalue weighted by Gasteiger charge is -2.09. The molecule has 0 aliphatic rings. The molecule has 0 fully saturated rings. The van der Waals surface area contributed by atoms with Crippen LogP contribution in [0.5, 0.6) is 0 Å². The van der Waals surface area contributed by atoms with E-state index in [4.69, 9.17) is 5.11 Å². The Morgan fingerprint density at radius 2 is 2.05 bits per heavy atom. The van der Waals surface area contributed by atoms with Crippen molar-refractivity contribution < 1.29 is 14.3 Å². The molecule has 0 bridgehead atoms. The highest BCUT2D eigenvalue weighted by atomic mass is 19.1. The number of nitrogens with one attached hydrogen (secondary N) is 1. The van der Waals surface area contributed by atoms with Crippen molar-refractivity contribution in [3.63, 3.8) is 0 Å². The van der Waals surface area contributed by atoms with Gasteiger partial charge in [0.2, 0.25) is 0 Å². The Hall–Kier alpha value is -2.36. The molecule has 0 spiro atoms. The molecule has 0 radical (unpaired) electrons. The van der Waals surface area contributed by atoms with Gasteiger partial charge in [-0.15, -0.1) is 0 Å². The van der Waals surface area contributed by atoms with Gasteiger partial charge in [-0.3, -0.25) is 0 Å². The van der Waals surface area contributed by atoms with Gasteiger partial charge in [0.1, 0.15) is 5.82 Å². The minimum Gasteiger partial charge on any atom is -0.478 e. The average molecular weight is 259 g/mol. The van der Waals surface area contributed by atoms with Crippen molar-refractivity contribution in [3.05, 3.63) is 65.0 Å². The zero-order valence-corrected chi connectivity index (χ0v) is 10.5. The van der Waals surface area contributed by atoms with Crippen molar-refractivity contribution in [1.82, 2.24) is 0 Å². The minimum atomic E-state index is -0.957. The number of rotatable bonds is 4. The highest BCUT2D eigenvalue weighted by Crippen LogP contribution is 2.15. The van der Waals surface area contributed by atoms with Crippen LogP contribution in [-0.2, 0) is 6.54 Å². The first kappa shape index (κ1) is 13.1. The number of carbonyl (C=O) groups is 1. The van der Waals surface area contributed by atoms with E-state index < -0.39 is 5.97 Å². The zero-order chi connectivity index (χ0) is 13.8. The third kappa shape index (κ3) is 3.31. The van der Waals surface area contributed by atoms with Crippen molar-refractivity contribution in [1.29, 1.82) is 0 Å². The first-order valence-electron chi connectivity index (χ1n) is 5.88. The van der Waals surface area contributed by atoms with Crippen molar-refractivity contribution >= 4 is 11.7 Å². The molecule has 19 heavy (non-hydrogen) atoms. The molecule has 2 aromatic rings. The number of hydrogen-bond acceptors (Lipinski definition) is 2. The maximum atomic E-state index is 13.0. The number of benzene rings is 2. The molecule has 0 unspecified atom stereocenters. The van der Waals surface area contributed by atoms with Gasteiger partial charge in [-0.2, -0.15) is 0 Å². The number of anilines is 1. The van der Waals surface area contributed by atoms with Crippen LogP contribution in [0.4, 0.5) is 10.1 Å². The van der Waals surface area contributed by atoms with E-state index in [1.165, 1.54) is 18.2 Å². The Labute approximate surface area is 110 Å². The zero-order valence-electron chi connectivity index (χ0n) is 10.5. The number of aryl methyl sites for hydroxylation is 1. The van der Waals surface area contributed by atoms with E-state index in [-0.39, 0.29) is 11.4 Å². The third-order valence-electron chi connectivity index (χ3n) is 2.90. The predicted octanol–water partition coefficient (Wildman–Crippen LogP) is 3.44. The summed E-state index contributed by atoms with van der Waals surface area (Å²) < 4.78 is 13.0. The van der Waals surface area contributed by atoms with Gasteiger partial charge >= 0.3 is 5.97 Å². The Morgan fingerprint density at radius 3 is 2.74 bits per heavy atom. The van der Waals surface area contributed by atoms with Gasteiger partial charge in [0.15, 0.2) is 0 Å². The first-order valence-corrected chi connectivity index (χ1v) is 5.88. The van der Waals surface area contributed by atoms with Crippen molar-refractivity contribution in [2.24, 2.45) is 0 Å². The van der Waals surface area contributed by atoms with E-state index in [1.807, 2.05) is 6.92 Å². The topological polar surface area (TPSA) is 49.3 Å². The van der Waals surface area contributed by atoms with Gasteiger partial charge in [-0.25, -0.2) is 9.18 Å². The maximum absolute atomic E-state index is 13.0. The van der Waals surface area contributed by atoms with Crippen molar-refractivity contribution in [3.8, 4) is 0 Å². The van der Waals surface area contributed by atoms with Crippen LogP contribution < -0.4 is 5.32 Å². The van der Waals surface area contributed by atoms with E-state index in [0.717, 1.165) is 16.8 Å². The number of halogens is 1. The smallest absolute Gasteiger partial charge is 0.335 e. The molecule has 0 aliphatic heterocycles. The number of aromatic carboxylic acids is 1. The van der Waals surface area contributed by atoms with Crippen LogP contribution in [0.1, 0.15) is 21.5 Å². The van der Waals surface area contributed by atoms with Crippen LogP contribution in [0.15, 0.2) is 42.5 Å². The molecule has 0 aliphatic carbocycles. The summed E-state index contributed by atoms with van der Waals surface area (Å²) in [7, 11) is 0. The van der Waals surface area contributed by atoms with E-state index in [0.29, 0.717) is 6.54 Å². The Morgan fingerprint density at radius 1 is 1.26 bits per heavy atom. The van der Waals surface area contributed by atoms with Gasteiger partial charge in [-0.1, -0.05) is 12.1 Å². The number of carboxylic acid groups (broad SMARTS) is 1. The molecule has 2 aromatic carbocycles. The second-order valence-corrected chi connectivity index (χ2v) is 4.31. The summed E-state index contributed by atoms with van der Waals surface area (Å²) in [6, 6.07) is 11.2. The second-order valence-electron chi connectivity index (χ2n) is 4.31. The van der Waals surface area contributed by atoms with Gasteiger partial charge < -0.3 is 10.4 Å². The molecule has 0 saturated heterocycles. The van der Waals surface area contributed by atoms with Crippen LogP contribution in [-0.4, -0.2) is 11.1 Å². The fourth-order valence-electron chi connectivity index (χ4n) is 1.82. The molecule has 0 atom stereocenters. The average Bonchev–Trinajstić information content (AvgIpc) is 2.38. The summed E-state index contributed by atoms with van der Waals surface area (Å²) in [6.45, 7) is 2.36. The van der Waals surface area contributed by atoms with Crippen LogP contribution in [0.25, 0.3) is 0 Å².